The van der Waals surface area contributed by atoms with E-state index in [9.17, 15) is 19.7 Å². The first kappa shape index (κ1) is 18.8. The molecule has 0 spiro atoms. The Balaban J connectivity index is 1.75. The number of rotatable bonds is 5. The zero-order valence-corrected chi connectivity index (χ0v) is 15.2. The van der Waals surface area contributed by atoms with Crippen molar-refractivity contribution in [1.29, 1.82) is 0 Å². The molecule has 0 unspecified atom stereocenters. The number of nitrogens with one attached hydrogen (secondary N) is 1. The number of anilines is 1. The molecular weight excluding hydrogens is 370 g/mol. The minimum Gasteiger partial charge on any atom is -0.338 e. The number of nitro benzene ring substituents is 1. The molecule has 2 amide bonds. The van der Waals surface area contributed by atoms with Crippen molar-refractivity contribution in [2.24, 2.45) is 0 Å². The fourth-order valence-electron chi connectivity index (χ4n) is 3.04. The number of benzene rings is 2. The summed E-state index contributed by atoms with van der Waals surface area (Å²) >= 11 is 5.78. The van der Waals surface area contributed by atoms with Crippen LogP contribution in [0.15, 0.2) is 42.5 Å². The molecule has 1 aliphatic heterocycles. The molecule has 0 aliphatic carbocycles. The van der Waals surface area contributed by atoms with E-state index in [0.29, 0.717) is 18.7 Å². The highest BCUT2D eigenvalue weighted by molar-refractivity contribution is 6.31. The maximum absolute atomic E-state index is 12.5. The van der Waals surface area contributed by atoms with E-state index >= 15 is 0 Å². The van der Waals surface area contributed by atoms with E-state index in [1.165, 1.54) is 12.1 Å². The van der Waals surface area contributed by atoms with Crippen LogP contribution in [0.5, 0.6) is 0 Å². The van der Waals surface area contributed by atoms with Gasteiger partial charge in [-0.25, -0.2) is 0 Å². The fourth-order valence-corrected chi connectivity index (χ4v) is 3.21. The Hall–Kier alpha value is -2.93. The lowest BCUT2D eigenvalue weighted by molar-refractivity contribution is -0.385. The molecule has 1 saturated heterocycles. The summed E-state index contributed by atoms with van der Waals surface area (Å²) in [5, 5.41) is 14.0. The van der Waals surface area contributed by atoms with Crippen molar-refractivity contribution in [2.45, 2.75) is 25.8 Å². The van der Waals surface area contributed by atoms with Gasteiger partial charge in [-0.05, 0) is 42.7 Å². The lowest BCUT2D eigenvalue weighted by Crippen LogP contribution is -2.34. The SMILES string of the molecule is O=C(Nc1cccc(CN2CCCCC2=O)c1)c1ccc(Cl)cc1[N+](=O)[O-]. The highest BCUT2D eigenvalue weighted by Gasteiger charge is 2.21. The normalized spacial score (nSPS) is 14.1. The summed E-state index contributed by atoms with van der Waals surface area (Å²) in [7, 11) is 0. The van der Waals surface area contributed by atoms with E-state index in [-0.39, 0.29) is 22.2 Å². The fraction of sp³-hybridized carbons (Fsp3) is 0.263. The van der Waals surface area contributed by atoms with Gasteiger partial charge in [0.2, 0.25) is 5.91 Å². The number of halogens is 1. The number of nitro groups is 1. The second kappa shape index (κ2) is 8.18. The zero-order chi connectivity index (χ0) is 19.4. The Kier molecular flexibility index (Phi) is 5.71. The molecule has 8 heteroatoms. The molecule has 0 aromatic heterocycles. The highest BCUT2D eigenvalue weighted by atomic mass is 35.5. The van der Waals surface area contributed by atoms with Crippen molar-refractivity contribution in [2.75, 3.05) is 11.9 Å². The number of hydrogen-bond acceptors (Lipinski definition) is 4. The average molecular weight is 388 g/mol. The average Bonchev–Trinajstić information content (AvgIpc) is 2.63. The first-order chi connectivity index (χ1) is 12.9. The molecule has 3 rings (SSSR count). The monoisotopic (exact) mass is 387 g/mol. The van der Waals surface area contributed by atoms with E-state index in [4.69, 9.17) is 11.6 Å². The van der Waals surface area contributed by atoms with Gasteiger partial charge in [0, 0.05) is 36.3 Å². The van der Waals surface area contributed by atoms with Crippen LogP contribution >= 0.6 is 11.6 Å². The van der Waals surface area contributed by atoms with Crippen LogP contribution in [-0.4, -0.2) is 28.2 Å². The van der Waals surface area contributed by atoms with Crippen LogP contribution in [0, 0.1) is 10.1 Å². The largest absolute Gasteiger partial charge is 0.338 e. The predicted molar refractivity (Wildman–Crippen MR) is 102 cm³/mol. The molecule has 0 radical (unpaired) electrons. The summed E-state index contributed by atoms with van der Waals surface area (Å²) in [6, 6.07) is 11.0. The third-order valence-electron chi connectivity index (χ3n) is 4.38. The van der Waals surface area contributed by atoms with Gasteiger partial charge in [-0.1, -0.05) is 23.7 Å². The standard InChI is InChI=1S/C19H18ClN3O4/c20-14-7-8-16(17(11-14)23(26)27)19(25)21-15-5-3-4-13(10-15)12-22-9-2-1-6-18(22)24/h3-5,7-8,10-11H,1-2,6,9,12H2,(H,21,25). The van der Waals surface area contributed by atoms with E-state index in [2.05, 4.69) is 5.32 Å². The first-order valence-corrected chi connectivity index (χ1v) is 8.94. The number of nitrogens with zero attached hydrogens (tertiary/aromatic N) is 2. The molecule has 7 nitrogen and oxygen atoms in total. The van der Waals surface area contributed by atoms with E-state index in [1.54, 1.807) is 23.1 Å². The molecule has 1 aliphatic rings. The quantitative estimate of drug-likeness (QED) is 0.619. The molecule has 1 fully saturated rings. The van der Waals surface area contributed by atoms with Crippen LogP contribution in [0.25, 0.3) is 0 Å². The van der Waals surface area contributed by atoms with Crippen molar-refractivity contribution in [3.05, 3.63) is 68.7 Å². The Labute approximate surface area is 161 Å². The molecular formula is C19H18ClN3O4. The Morgan fingerprint density at radius 3 is 2.78 bits per heavy atom. The lowest BCUT2D eigenvalue weighted by Gasteiger charge is -2.26. The van der Waals surface area contributed by atoms with Crippen molar-refractivity contribution >= 4 is 34.8 Å². The Morgan fingerprint density at radius 2 is 2.04 bits per heavy atom. The van der Waals surface area contributed by atoms with Crippen LogP contribution in [0.4, 0.5) is 11.4 Å². The minimum atomic E-state index is -0.640. The van der Waals surface area contributed by atoms with Gasteiger partial charge in [0.25, 0.3) is 11.6 Å². The predicted octanol–water partition coefficient (Wildman–Crippen LogP) is 4.01. The van der Waals surface area contributed by atoms with Crippen LogP contribution in [0.2, 0.25) is 5.02 Å². The molecule has 0 bridgehead atoms. The third kappa shape index (κ3) is 4.62. The second-order valence-corrected chi connectivity index (χ2v) is 6.78. The highest BCUT2D eigenvalue weighted by Crippen LogP contribution is 2.24. The third-order valence-corrected chi connectivity index (χ3v) is 4.62. The van der Waals surface area contributed by atoms with Gasteiger partial charge in [0.1, 0.15) is 5.56 Å². The van der Waals surface area contributed by atoms with Gasteiger partial charge in [-0.3, -0.25) is 19.7 Å². The van der Waals surface area contributed by atoms with Crippen molar-refractivity contribution in [3.8, 4) is 0 Å². The summed E-state index contributed by atoms with van der Waals surface area (Å²) in [6.07, 6.45) is 2.48. The number of carbonyl (C=O) groups excluding carboxylic acids is 2. The van der Waals surface area contributed by atoms with Crippen LogP contribution in [-0.2, 0) is 11.3 Å². The van der Waals surface area contributed by atoms with Gasteiger partial charge >= 0.3 is 0 Å². The molecule has 1 heterocycles. The molecule has 2 aromatic carbocycles. The number of piperidine rings is 1. The van der Waals surface area contributed by atoms with Gasteiger partial charge in [0.05, 0.1) is 4.92 Å². The van der Waals surface area contributed by atoms with Gasteiger partial charge in [-0.2, -0.15) is 0 Å². The maximum Gasteiger partial charge on any atom is 0.283 e. The summed E-state index contributed by atoms with van der Waals surface area (Å²) in [4.78, 5) is 36.8. The topological polar surface area (TPSA) is 92.6 Å². The number of likely N-dealkylation sites (tertiary alicyclic amines) is 1. The molecule has 2 aromatic rings. The summed E-state index contributed by atoms with van der Waals surface area (Å²) in [5.74, 6) is -0.461. The Morgan fingerprint density at radius 1 is 1.22 bits per heavy atom. The smallest absolute Gasteiger partial charge is 0.283 e. The lowest BCUT2D eigenvalue weighted by atomic mass is 10.1. The summed E-state index contributed by atoms with van der Waals surface area (Å²) < 4.78 is 0. The first-order valence-electron chi connectivity index (χ1n) is 8.56. The van der Waals surface area contributed by atoms with Crippen molar-refractivity contribution in [1.82, 2.24) is 4.90 Å². The minimum absolute atomic E-state index is 0.0685. The molecule has 1 N–H and O–H groups in total. The van der Waals surface area contributed by atoms with Gasteiger partial charge in [0.15, 0.2) is 0 Å². The van der Waals surface area contributed by atoms with Crippen molar-refractivity contribution in [3.63, 3.8) is 0 Å². The Bertz CT molecular complexity index is 900. The zero-order valence-electron chi connectivity index (χ0n) is 14.5. The van der Waals surface area contributed by atoms with Crippen LogP contribution < -0.4 is 5.32 Å². The summed E-state index contributed by atoms with van der Waals surface area (Å²) in [6.45, 7) is 1.20. The van der Waals surface area contributed by atoms with Gasteiger partial charge < -0.3 is 10.2 Å². The molecule has 0 atom stereocenters. The number of carbonyl (C=O) groups is 2. The maximum atomic E-state index is 12.5. The molecule has 27 heavy (non-hydrogen) atoms. The van der Waals surface area contributed by atoms with Crippen molar-refractivity contribution < 1.29 is 14.5 Å². The van der Waals surface area contributed by atoms with Gasteiger partial charge in [-0.15, -0.1) is 0 Å². The van der Waals surface area contributed by atoms with E-state index < -0.39 is 10.8 Å². The van der Waals surface area contributed by atoms with Crippen LogP contribution in [0.3, 0.4) is 0 Å². The number of hydrogen-bond donors (Lipinski definition) is 1. The molecule has 140 valence electrons. The number of amides is 2. The van der Waals surface area contributed by atoms with E-state index in [1.807, 2.05) is 6.07 Å². The second-order valence-electron chi connectivity index (χ2n) is 6.35. The van der Waals surface area contributed by atoms with E-state index in [0.717, 1.165) is 31.0 Å². The molecule has 0 saturated carbocycles. The van der Waals surface area contributed by atoms with Crippen LogP contribution in [0.1, 0.15) is 35.2 Å². The summed E-state index contributed by atoms with van der Waals surface area (Å²) in [5.41, 5.74) is 0.968.